The van der Waals surface area contributed by atoms with Crippen LogP contribution in [0.2, 0.25) is 18.1 Å². The first-order valence-electron chi connectivity index (χ1n) is 9.98. The highest BCUT2D eigenvalue weighted by atomic mass is 28.4. The van der Waals surface area contributed by atoms with E-state index in [1.165, 1.54) is 0 Å². The van der Waals surface area contributed by atoms with Gasteiger partial charge in [0.1, 0.15) is 0 Å². The van der Waals surface area contributed by atoms with E-state index in [9.17, 15) is 0 Å². The summed E-state index contributed by atoms with van der Waals surface area (Å²) in [6.45, 7) is 16.9. The van der Waals surface area contributed by atoms with Crippen LogP contribution in [0.4, 0.5) is 0 Å². The van der Waals surface area contributed by atoms with Crippen LogP contribution in [0, 0.1) is 0 Å². The molecule has 0 aromatic heterocycles. The third kappa shape index (κ3) is 6.18. The zero-order valence-corrected chi connectivity index (χ0v) is 18.6. The Morgan fingerprint density at radius 1 is 1.30 bits per heavy atom. The number of rotatable bonds is 8. The predicted octanol–water partition coefficient (Wildman–Crippen LogP) is 6.25. The minimum atomic E-state index is -1.89. The molecule has 1 heterocycles. The Balaban J connectivity index is 2.40. The fourth-order valence-electron chi connectivity index (χ4n) is 2.73. The van der Waals surface area contributed by atoms with E-state index in [-0.39, 0.29) is 11.1 Å². The summed E-state index contributed by atoms with van der Waals surface area (Å²) < 4.78 is 12.7. The normalized spacial score (nSPS) is 17.1. The molecule has 1 aliphatic rings. The van der Waals surface area contributed by atoms with Crippen LogP contribution >= 0.6 is 0 Å². The number of benzene rings is 1. The summed E-state index contributed by atoms with van der Waals surface area (Å²) in [7, 11) is -1.89. The molecule has 1 aliphatic heterocycles. The number of nitrogens with zero attached hydrogens (tertiary/aromatic N) is 1. The van der Waals surface area contributed by atoms with Gasteiger partial charge in [0.15, 0.2) is 8.32 Å². The molecule has 0 amide bonds. The van der Waals surface area contributed by atoms with Gasteiger partial charge < -0.3 is 9.16 Å². The standard InChI is InChI=1S/C23H35NO2Si/c1-7-8-15-20(26-27(5,6)23(2,3)4)18-21(19-13-10-9-11-14-19)22-24-16-12-17-25-22/h7,9-11,13-14,18,20H,1,8,12,15-17H2,2-6H3/b21-18+. The van der Waals surface area contributed by atoms with Crippen LogP contribution in [0.25, 0.3) is 5.57 Å². The Hall–Kier alpha value is -1.65. The van der Waals surface area contributed by atoms with Crippen molar-refractivity contribution in [3.63, 3.8) is 0 Å². The molecule has 4 heteroatoms. The maximum atomic E-state index is 6.75. The van der Waals surface area contributed by atoms with Gasteiger partial charge >= 0.3 is 0 Å². The Morgan fingerprint density at radius 3 is 2.56 bits per heavy atom. The van der Waals surface area contributed by atoms with Crippen LogP contribution in [-0.2, 0) is 9.16 Å². The lowest BCUT2D eigenvalue weighted by molar-refractivity contribution is 0.216. The van der Waals surface area contributed by atoms with Crippen LogP contribution < -0.4 is 0 Å². The van der Waals surface area contributed by atoms with Gasteiger partial charge in [-0.2, -0.15) is 0 Å². The molecular formula is C23H35NO2Si. The Bertz CT molecular complexity index is 671. The zero-order chi connectivity index (χ0) is 19.9. The van der Waals surface area contributed by atoms with E-state index < -0.39 is 8.32 Å². The highest BCUT2D eigenvalue weighted by Gasteiger charge is 2.38. The molecule has 1 atom stereocenters. The number of allylic oxidation sites excluding steroid dienone is 1. The number of ether oxygens (including phenoxy) is 1. The maximum absolute atomic E-state index is 6.75. The summed E-state index contributed by atoms with van der Waals surface area (Å²) in [5, 5.41) is 0.166. The molecule has 148 valence electrons. The van der Waals surface area contributed by atoms with E-state index in [1.807, 2.05) is 12.1 Å². The van der Waals surface area contributed by atoms with Gasteiger partial charge in [-0.3, -0.25) is 4.99 Å². The van der Waals surface area contributed by atoms with Crippen LogP contribution in [0.5, 0.6) is 0 Å². The van der Waals surface area contributed by atoms with Crippen LogP contribution in [0.3, 0.4) is 0 Å². The molecule has 0 radical (unpaired) electrons. The van der Waals surface area contributed by atoms with Gasteiger partial charge in [-0.05, 0) is 42.6 Å². The van der Waals surface area contributed by atoms with Crippen molar-refractivity contribution in [3.8, 4) is 0 Å². The molecule has 1 aromatic rings. The Kier molecular flexibility index (Phi) is 7.63. The van der Waals surface area contributed by atoms with Gasteiger partial charge in [-0.1, -0.05) is 57.2 Å². The molecule has 0 fully saturated rings. The minimum absolute atomic E-state index is 0.0207. The molecule has 1 aromatic carbocycles. The summed E-state index contributed by atoms with van der Waals surface area (Å²) in [5.74, 6) is 0.745. The Morgan fingerprint density at radius 2 is 2.00 bits per heavy atom. The van der Waals surface area contributed by atoms with Crippen molar-refractivity contribution in [2.45, 2.75) is 64.3 Å². The van der Waals surface area contributed by atoms with Crippen molar-refractivity contribution in [3.05, 3.63) is 54.6 Å². The summed E-state index contributed by atoms with van der Waals surface area (Å²) in [6, 6.07) is 10.4. The third-order valence-corrected chi connectivity index (χ3v) is 9.88. The molecule has 27 heavy (non-hydrogen) atoms. The molecule has 2 rings (SSSR count). The monoisotopic (exact) mass is 385 g/mol. The van der Waals surface area contributed by atoms with Gasteiger partial charge in [-0.15, -0.1) is 6.58 Å². The smallest absolute Gasteiger partial charge is 0.216 e. The van der Waals surface area contributed by atoms with Crippen LogP contribution in [-0.4, -0.2) is 33.5 Å². The molecule has 0 spiro atoms. The summed E-state index contributed by atoms with van der Waals surface area (Å²) in [6.07, 6.45) is 7.03. The van der Waals surface area contributed by atoms with Crippen molar-refractivity contribution in [2.75, 3.05) is 13.2 Å². The average Bonchev–Trinajstić information content (AvgIpc) is 2.64. The van der Waals surface area contributed by atoms with Crippen LogP contribution in [0.1, 0.15) is 45.6 Å². The van der Waals surface area contributed by atoms with Crippen molar-refractivity contribution in [1.29, 1.82) is 0 Å². The number of hydrogen-bond acceptors (Lipinski definition) is 3. The van der Waals surface area contributed by atoms with Gasteiger partial charge in [0, 0.05) is 18.5 Å². The second kappa shape index (κ2) is 9.51. The van der Waals surface area contributed by atoms with E-state index >= 15 is 0 Å². The maximum Gasteiger partial charge on any atom is 0.216 e. The SMILES string of the molecule is C=CCCC(/C=C(/C1=NCCCO1)c1ccccc1)O[Si](C)(C)C(C)(C)C. The van der Waals surface area contributed by atoms with Crippen molar-refractivity contribution >= 4 is 19.8 Å². The van der Waals surface area contributed by atoms with Crippen LogP contribution in [0.15, 0.2) is 54.1 Å². The summed E-state index contributed by atoms with van der Waals surface area (Å²) in [5.41, 5.74) is 2.17. The van der Waals surface area contributed by atoms with Gasteiger partial charge in [0.05, 0.1) is 12.7 Å². The van der Waals surface area contributed by atoms with E-state index in [0.717, 1.165) is 49.4 Å². The van der Waals surface area contributed by atoms with E-state index in [2.05, 4.69) is 75.8 Å². The molecule has 1 unspecified atom stereocenters. The molecule has 0 saturated carbocycles. The predicted molar refractivity (Wildman–Crippen MR) is 119 cm³/mol. The van der Waals surface area contributed by atoms with E-state index in [0.29, 0.717) is 0 Å². The highest BCUT2D eigenvalue weighted by Crippen LogP contribution is 2.38. The fraction of sp³-hybridized carbons (Fsp3) is 0.522. The number of hydrogen-bond donors (Lipinski definition) is 0. The molecular weight excluding hydrogens is 350 g/mol. The largest absolute Gasteiger partial charge is 0.477 e. The number of aliphatic imine (C=N–C) groups is 1. The third-order valence-electron chi connectivity index (χ3n) is 5.37. The quantitative estimate of drug-likeness (QED) is 0.391. The zero-order valence-electron chi connectivity index (χ0n) is 17.6. The summed E-state index contributed by atoms with van der Waals surface area (Å²) in [4.78, 5) is 4.65. The Labute approximate surface area is 166 Å². The molecule has 0 N–H and O–H groups in total. The van der Waals surface area contributed by atoms with E-state index in [1.54, 1.807) is 0 Å². The second-order valence-corrected chi connectivity index (χ2v) is 13.4. The average molecular weight is 386 g/mol. The van der Waals surface area contributed by atoms with Crippen molar-refractivity contribution in [1.82, 2.24) is 0 Å². The van der Waals surface area contributed by atoms with E-state index in [4.69, 9.17) is 9.16 Å². The minimum Gasteiger partial charge on any atom is -0.477 e. The topological polar surface area (TPSA) is 30.8 Å². The van der Waals surface area contributed by atoms with Crippen molar-refractivity contribution < 1.29 is 9.16 Å². The highest BCUT2D eigenvalue weighted by molar-refractivity contribution is 6.74. The summed E-state index contributed by atoms with van der Waals surface area (Å²) >= 11 is 0. The van der Waals surface area contributed by atoms with Crippen molar-refractivity contribution in [2.24, 2.45) is 4.99 Å². The first kappa shape index (κ1) is 21.6. The lowest BCUT2D eigenvalue weighted by Gasteiger charge is -2.39. The first-order valence-corrected chi connectivity index (χ1v) is 12.9. The molecule has 0 bridgehead atoms. The van der Waals surface area contributed by atoms with Gasteiger partial charge in [0.2, 0.25) is 5.90 Å². The lowest BCUT2D eigenvalue weighted by atomic mass is 10.0. The second-order valence-electron chi connectivity index (χ2n) is 8.62. The molecule has 3 nitrogen and oxygen atoms in total. The lowest BCUT2D eigenvalue weighted by Crippen LogP contribution is -2.43. The first-order chi connectivity index (χ1) is 12.7. The van der Waals surface area contributed by atoms with Gasteiger partial charge in [-0.25, -0.2) is 0 Å². The fourth-order valence-corrected chi connectivity index (χ4v) is 4.03. The molecule has 0 aliphatic carbocycles. The van der Waals surface area contributed by atoms with Gasteiger partial charge in [0.25, 0.3) is 0 Å². The molecule has 0 saturated heterocycles.